The Hall–Kier alpha value is -0.850. The van der Waals surface area contributed by atoms with E-state index in [9.17, 15) is 13.2 Å². The van der Waals surface area contributed by atoms with Crippen LogP contribution in [-0.4, -0.2) is 22.4 Å². The van der Waals surface area contributed by atoms with Crippen molar-refractivity contribution in [2.45, 2.75) is 37.9 Å². The highest BCUT2D eigenvalue weighted by molar-refractivity contribution is 7.13. The number of hydrogen-bond donors (Lipinski definition) is 1. The molecular weight excluding hydrogens is 239 g/mol. The molecule has 1 N–H and O–H groups in total. The molecule has 90 valence electrons. The number of alkyl halides is 3. The standard InChI is InChI=1S/C9H12F3N3S/c10-9(11,12)6-1-3-7(4-2-6)14-8-15-13-5-16-8/h5-7H,1-4H2,(H,14,15). The van der Waals surface area contributed by atoms with Crippen molar-refractivity contribution >= 4 is 16.5 Å². The summed E-state index contributed by atoms with van der Waals surface area (Å²) < 4.78 is 37.2. The SMILES string of the molecule is FC(F)(F)C1CCC(Nc2nncs2)CC1. The van der Waals surface area contributed by atoms with Crippen LogP contribution in [0.3, 0.4) is 0 Å². The highest BCUT2D eigenvalue weighted by atomic mass is 32.1. The Morgan fingerprint density at radius 2 is 1.94 bits per heavy atom. The monoisotopic (exact) mass is 251 g/mol. The Morgan fingerprint density at radius 3 is 2.44 bits per heavy atom. The fourth-order valence-corrected chi connectivity index (χ4v) is 2.50. The van der Waals surface area contributed by atoms with Gasteiger partial charge in [-0.15, -0.1) is 10.2 Å². The Kier molecular flexibility index (Phi) is 3.32. The van der Waals surface area contributed by atoms with Crippen LogP contribution in [0.1, 0.15) is 25.7 Å². The molecule has 0 amide bonds. The number of rotatable bonds is 2. The maximum atomic E-state index is 12.4. The van der Waals surface area contributed by atoms with Gasteiger partial charge < -0.3 is 5.32 Å². The van der Waals surface area contributed by atoms with Crippen molar-refractivity contribution < 1.29 is 13.2 Å². The topological polar surface area (TPSA) is 37.8 Å². The van der Waals surface area contributed by atoms with Crippen LogP contribution in [0.2, 0.25) is 0 Å². The minimum atomic E-state index is -4.03. The van der Waals surface area contributed by atoms with E-state index in [1.54, 1.807) is 5.51 Å². The number of hydrogen-bond acceptors (Lipinski definition) is 4. The predicted molar refractivity (Wildman–Crippen MR) is 55.3 cm³/mol. The summed E-state index contributed by atoms with van der Waals surface area (Å²) in [5.74, 6) is -1.13. The second-order valence-corrected chi connectivity index (χ2v) is 4.81. The second kappa shape index (κ2) is 4.57. The van der Waals surface area contributed by atoms with Crippen LogP contribution in [0.15, 0.2) is 5.51 Å². The first-order valence-corrected chi connectivity index (χ1v) is 6.03. The molecule has 1 saturated carbocycles. The van der Waals surface area contributed by atoms with Crippen LogP contribution in [0, 0.1) is 5.92 Å². The third kappa shape index (κ3) is 2.84. The van der Waals surface area contributed by atoms with Gasteiger partial charge in [0, 0.05) is 6.04 Å². The fourth-order valence-electron chi connectivity index (χ4n) is 1.98. The van der Waals surface area contributed by atoms with Gasteiger partial charge in [-0.3, -0.25) is 0 Å². The van der Waals surface area contributed by atoms with Crippen LogP contribution in [0.4, 0.5) is 18.3 Å². The Bertz CT molecular complexity index is 317. The van der Waals surface area contributed by atoms with E-state index in [0.717, 1.165) is 0 Å². The third-order valence-corrected chi connectivity index (χ3v) is 3.50. The van der Waals surface area contributed by atoms with Crippen molar-refractivity contribution in [2.75, 3.05) is 5.32 Å². The molecular formula is C9H12F3N3S. The lowest BCUT2D eigenvalue weighted by Gasteiger charge is -2.30. The smallest absolute Gasteiger partial charge is 0.357 e. The van der Waals surface area contributed by atoms with Gasteiger partial charge in [-0.2, -0.15) is 13.2 Å². The summed E-state index contributed by atoms with van der Waals surface area (Å²) >= 11 is 1.37. The van der Waals surface area contributed by atoms with Crippen molar-refractivity contribution in [1.29, 1.82) is 0 Å². The molecule has 0 spiro atoms. The molecule has 16 heavy (non-hydrogen) atoms. The first kappa shape index (κ1) is 11.6. The highest BCUT2D eigenvalue weighted by Gasteiger charge is 2.41. The average Bonchev–Trinajstić information content (AvgIpc) is 2.70. The first-order chi connectivity index (χ1) is 7.55. The lowest BCUT2D eigenvalue weighted by molar-refractivity contribution is -0.182. The van der Waals surface area contributed by atoms with Crippen LogP contribution >= 0.6 is 11.3 Å². The summed E-state index contributed by atoms with van der Waals surface area (Å²) in [6.07, 6.45) is -2.53. The third-order valence-electron chi connectivity index (χ3n) is 2.88. The van der Waals surface area contributed by atoms with Crippen molar-refractivity contribution in [2.24, 2.45) is 5.92 Å². The van der Waals surface area contributed by atoms with Crippen LogP contribution in [0.25, 0.3) is 0 Å². The molecule has 7 heteroatoms. The minimum absolute atomic E-state index is 0.103. The molecule has 0 aliphatic heterocycles. The molecule has 1 aromatic heterocycles. The van der Waals surface area contributed by atoms with E-state index in [2.05, 4.69) is 15.5 Å². The summed E-state index contributed by atoms with van der Waals surface area (Å²) in [5.41, 5.74) is 1.60. The normalized spacial score (nSPS) is 26.7. The van der Waals surface area contributed by atoms with Crippen molar-refractivity contribution in [3.8, 4) is 0 Å². The van der Waals surface area contributed by atoms with Crippen molar-refractivity contribution in [3.63, 3.8) is 0 Å². The van der Waals surface area contributed by atoms with Gasteiger partial charge >= 0.3 is 6.18 Å². The Labute approximate surface area is 95.1 Å². The molecule has 1 aliphatic carbocycles. The number of anilines is 1. The summed E-state index contributed by atoms with van der Waals surface area (Å²) in [5, 5.41) is 11.3. The average molecular weight is 251 g/mol. The molecule has 1 heterocycles. The summed E-state index contributed by atoms with van der Waals surface area (Å²) in [6.45, 7) is 0. The van der Waals surface area contributed by atoms with Gasteiger partial charge in [0.05, 0.1) is 5.92 Å². The molecule has 0 unspecified atom stereocenters. The Balaban J connectivity index is 1.82. The Morgan fingerprint density at radius 1 is 1.25 bits per heavy atom. The van der Waals surface area contributed by atoms with Gasteiger partial charge in [0.1, 0.15) is 5.51 Å². The van der Waals surface area contributed by atoms with Gasteiger partial charge in [-0.1, -0.05) is 11.3 Å². The lowest BCUT2D eigenvalue weighted by Crippen LogP contribution is -2.32. The summed E-state index contributed by atoms with van der Waals surface area (Å²) in [4.78, 5) is 0. The van der Waals surface area contributed by atoms with Crippen LogP contribution in [0.5, 0.6) is 0 Å². The largest absolute Gasteiger partial charge is 0.391 e. The van der Waals surface area contributed by atoms with Gasteiger partial charge in [-0.05, 0) is 25.7 Å². The van der Waals surface area contributed by atoms with E-state index in [1.807, 2.05) is 0 Å². The number of halogens is 3. The predicted octanol–water partition coefficient (Wildman–Crippen LogP) is 3.07. The van der Waals surface area contributed by atoms with E-state index < -0.39 is 12.1 Å². The van der Waals surface area contributed by atoms with E-state index >= 15 is 0 Å². The second-order valence-electron chi connectivity index (χ2n) is 3.98. The molecule has 0 radical (unpaired) electrons. The van der Waals surface area contributed by atoms with Gasteiger partial charge in [0.25, 0.3) is 0 Å². The quantitative estimate of drug-likeness (QED) is 0.877. The fraction of sp³-hybridized carbons (Fsp3) is 0.778. The van der Waals surface area contributed by atoms with E-state index in [4.69, 9.17) is 0 Å². The van der Waals surface area contributed by atoms with E-state index in [1.165, 1.54) is 11.3 Å². The van der Waals surface area contributed by atoms with Crippen molar-refractivity contribution in [3.05, 3.63) is 5.51 Å². The molecule has 0 atom stereocenters. The highest BCUT2D eigenvalue weighted by Crippen LogP contribution is 2.38. The van der Waals surface area contributed by atoms with Gasteiger partial charge in [-0.25, -0.2) is 0 Å². The maximum Gasteiger partial charge on any atom is 0.391 e. The summed E-state index contributed by atoms with van der Waals surface area (Å²) in [6, 6.07) is 0.103. The molecule has 1 aliphatic rings. The molecule has 0 aromatic carbocycles. The summed E-state index contributed by atoms with van der Waals surface area (Å²) in [7, 11) is 0. The molecule has 0 saturated heterocycles. The first-order valence-electron chi connectivity index (χ1n) is 5.15. The number of aromatic nitrogens is 2. The molecule has 1 aromatic rings. The van der Waals surface area contributed by atoms with Crippen LogP contribution in [-0.2, 0) is 0 Å². The van der Waals surface area contributed by atoms with Gasteiger partial charge in [0.2, 0.25) is 5.13 Å². The molecule has 3 nitrogen and oxygen atoms in total. The maximum absolute atomic E-state index is 12.4. The number of nitrogens with one attached hydrogen (secondary N) is 1. The zero-order valence-corrected chi connectivity index (χ0v) is 9.31. The molecule has 0 bridgehead atoms. The zero-order valence-electron chi connectivity index (χ0n) is 8.50. The lowest BCUT2D eigenvalue weighted by atomic mass is 9.86. The molecule has 1 fully saturated rings. The minimum Gasteiger partial charge on any atom is -0.357 e. The van der Waals surface area contributed by atoms with Crippen LogP contribution < -0.4 is 5.32 Å². The zero-order chi connectivity index (χ0) is 11.6. The van der Waals surface area contributed by atoms with E-state index in [-0.39, 0.29) is 18.9 Å². The van der Waals surface area contributed by atoms with Crippen molar-refractivity contribution in [1.82, 2.24) is 10.2 Å². The molecule has 2 rings (SSSR count). The van der Waals surface area contributed by atoms with E-state index in [0.29, 0.717) is 18.0 Å². The number of nitrogens with zero attached hydrogens (tertiary/aromatic N) is 2. The van der Waals surface area contributed by atoms with Gasteiger partial charge in [0.15, 0.2) is 0 Å².